The Kier molecular flexibility index (Phi) is 11.4. The zero-order valence-corrected chi connectivity index (χ0v) is 28.1. The number of hydrogen-bond donors (Lipinski definition) is 2. The lowest BCUT2D eigenvalue weighted by atomic mass is 9.94. The summed E-state index contributed by atoms with van der Waals surface area (Å²) in [6, 6.07) is 52.0. The van der Waals surface area contributed by atoms with Gasteiger partial charge < -0.3 is 10.6 Å². The van der Waals surface area contributed by atoms with Gasteiger partial charge in [0.2, 0.25) is 0 Å². The molecule has 2 N–H and O–H groups in total. The fourth-order valence-corrected chi connectivity index (χ4v) is 6.19. The first-order valence-electron chi connectivity index (χ1n) is 16.9. The minimum atomic E-state index is 0.0139. The molecule has 46 heavy (non-hydrogen) atoms. The van der Waals surface area contributed by atoms with Gasteiger partial charge in [-0.1, -0.05) is 146 Å². The molecule has 236 valence electrons. The van der Waals surface area contributed by atoms with Crippen molar-refractivity contribution in [2.75, 3.05) is 13.1 Å². The Morgan fingerprint density at radius 2 is 0.935 bits per heavy atom. The summed E-state index contributed by atoms with van der Waals surface area (Å²) in [5, 5.41) is 12.8. The first-order valence-corrected chi connectivity index (χ1v) is 16.9. The van der Waals surface area contributed by atoms with Crippen LogP contribution >= 0.6 is 0 Å². The quantitative estimate of drug-likeness (QED) is 0.135. The molecule has 0 heterocycles. The van der Waals surface area contributed by atoms with E-state index in [1.807, 2.05) is 0 Å². The summed E-state index contributed by atoms with van der Waals surface area (Å²) < 4.78 is 0. The van der Waals surface area contributed by atoms with Crippen LogP contribution in [0.2, 0.25) is 0 Å². The molecule has 6 rings (SSSR count). The molecule has 6 aromatic rings. The van der Waals surface area contributed by atoms with E-state index >= 15 is 0 Å². The molecule has 0 bridgehead atoms. The zero-order valence-electron chi connectivity index (χ0n) is 28.1. The monoisotopic (exact) mass is 606 g/mol. The van der Waals surface area contributed by atoms with E-state index in [0.717, 1.165) is 38.8 Å². The highest BCUT2D eigenvalue weighted by atomic mass is 15.0. The second-order valence-corrected chi connectivity index (χ2v) is 13.4. The largest absolute Gasteiger partial charge is 0.308 e. The van der Waals surface area contributed by atoms with E-state index in [1.54, 1.807) is 0 Å². The molecule has 0 aromatic heterocycles. The second kappa shape index (κ2) is 15.9. The van der Waals surface area contributed by atoms with Crippen molar-refractivity contribution in [1.29, 1.82) is 0 Å². The van der Waals surface area contributed by atoms with E-state index < -0.39 is 0 Å². The molecule has 0 spiro atoms. The smallest absolute Gasteiger partial charge is 0.0377 e. The number of fused-ring (bicyclic) bond motifs is 2. The summed E-state index contributed by atoms with van der Waals surface area (Å²) in [4.78, 5) is 0. The van der Waals surface area contributed by atoms with E-state index in [2.05, 4.69) is 184 Å². The van der Waals surface area contributed by atoms with Crippen LogP contribution in [0.1, 0.15) is 62.8 Å². The van der Waals surface area contributed by atoms with Crippen molar-refractivity contribution in [3.05, 3.63) is 168 Å². The predicted octanol–water partition coefficient (Wildman–Crippen LogP) is 10.6. The van der Waals surface area contributed by atoms with Crippen molar-refractivity contribution in [1.82, 2.24) is 10.6 Å². The van der Waals surface area contributed by atoms with Crippen LogP contribution in [0, 0.1) is 0 Å². The van der Waals surface area contributed by atoms with Crippen molar-refractivity contribution < 1.29 is 0 Å². The molecule has 0 amide bonds. The summed E-state index contributed by atoms with van der Waals surface area (Å²) >= 11 is 0. The van der Waals surface area contributed by atoms with E-state index in [1.165, 1.54) is 43.8 Å². The molecule has 0 saturated carbocycles. The van der Waals surface area contributed by atoms with Gasteiger partial charge in [-0.25, -0.2) is 0 Å². The molecule has 2 heteroatoms. The van der Waals surface area contributed by atoms with Gasteiger partial charge in [-0.2, -0.15) is 0 Å². The van der Waals surface area contributed by atoms with Crippen LogP contribution < -0.4 is 10.6 Å². The molecule has 0 fully saturated rings. The molecule has 0 unspecified atom stereocenters. The molecule has 0 atom stereocenters. The van der Waals surface area contributed by atoms with Gasteiger partial charge in [-0.15, -0.1) is 0 Å². The van der Waals surface area contributed by atoms with Crippen LogP contribution in [0.5, 0.6) is 0 Å². The SMILES string of the molecule is CC(C)(NCCCc1ccc2ccccc2c1)c1ccccc1.CC(C)(NCCCc1cccc2ccccc12)c1ccccc1. The molecule has 2 nitrogen and oxygen atoms in total. The average molecular weight is 607 g/mol. The molecule has 0 saturated heterocycles. The van der Waals surface area contributed by atoms with E-state index in [4.69, 9.17) is 0 Å². The lowest BCUT2D eigenvalue weighted by Crippen LogP contribution is -2.37. The first kappa shape index (κ1) is 33.1. The van der Waals surface area contributed by atoms with Crippen LogP contribution in [-0.4, -0.2) is 13.1 Å². The van der Waals surface area contributed by atoms with Gasteiger partial charge in [-0.3, -0.25) is 0 Å². The Morgan fingerprint density at radius 1 is 0.435 bits per heavy atom. The molecule has 0 aliphatic heterocycles. The number of hydrogen-bond acceptors (Lipinski definition) is 2. The summed E-state index contributed by atoms with van der Waals surface area (Å²) in [6.45, 7) is 11.0. The summed E-state index contributed by atoms with van der Waals surface area (Å²) in [6.07, 6.45) is 4.51. The molecule has 6 aromatic carbocycles. The molecular weight excluding hydrogens is 556 g/mol. The predicted molar refractivity (Wildman–Crippen MR) is 199 cm³/mol. The minimum Gasteiger partial charge on any atom is -0.308 e. The third kappa shape index (κ3) is 9.16. The molecule has 0 aliphatic rings. The van der Waals surface area contributed by atoms with E-state index in [9.17, 15) is 0 Å². The highest BCUT2D eigenvalue weighted by Crippen LogP contribution is 2.22. The maximum absolute atomic E-state index is 3.69. The molecule has 0 radical (unpaired) electrons. The van der Waals surface area contributed by atoms with Crippen molar-refractivity contribution in [2.24, 2.45) is 0 Å². The van der Waals surface area contributed by atoms with E-state index in [0.29, 0.717) is 0 Å². The Labute approximate surface area is 276 Å². The highest BCUT2D eigenvalue weighted by molar-refractivity contribution is 5.85. The fraction of sp³-hybridized carbons (Fsp3) is 0.273. The first-order chi connectivity index (χ1) is 22.3. The van der Waals surface area contributed by atoms with Gasteiger partial charge >= 0.3 is 0 Å². The normalized spacial score (nSPS) is 11.7. The van der Waals surface area contributed by atoms with Crippen molar-refractivity contribution >= 4 is 21.5 Å². The average Bonchev–Trinajstić information content (AvgIpc) is 3.10. The van der Waals surface area contributed by atoms with Gasteiger partial charge in [0.1, 0.15) is 0 Å². The molecule has 0 aliphatic carbocycles. The van der Waals surface area contributed by atoms with Crippen molar-refractivity contribution in [3.63, 3.8) is 0 Å². The summed E-state index contributed by atoms with van der Waals surface area (Å²) in [7, 11) is 0. The number of nitrogens with one attached hydrogen (secondary N) is 2. The summed E-state index contributed by atoms with van der Waals surface area (Å²) in [5.74, 6) is 0. The van der Waals surface area contributed by atoms with Gasteiger partial charge in [0.25, 0.3) is 0 Å². The Hall–Kier alpha value is -4.24. The van der Waals surface area contributed by atoms with Crippen LogP contribution in [0.25, 0.3) is 21.5 Å². The second-order valence-electron chi connectivity index (χ2n) is 13.4. The Bertz CT molecular complexity index is 1780. The van der Waals surface area contributed by atoms with Crippen molar-refractivity contribution in [2.45, 2.75) is 64.5 Å². The maximum Gasteiger partial charge on any atom is 0.0377 e. The fourth-order valence-electron chi connectivity index (χ4n) is 6.19. The van der Waals surface area contributed by atoms with Crippen LogP contribution in [0.15, 0.2) is 146 Å². The van der Waals surface area contributed by atoms with Gasteiger partial charge in [0.15, 0.2) is 0 Å². The Morgan fingerprint density at radius 3 is 1.57 bits per heavy atom. The number of benzene rings is 6. The standard InChI is InChI=1S/2C22H25N/c1-22(2,20-14-4-3-5-15-20)23-17-9-13-19-12-8-11-18-10-6-7-16-21(18)19;1-22(2,21-12-4-3-5-13-21)23-16-8-9-18-14-15-19-10-6-7-11-20(19)17-18/h3-8,10-12,14-16,23H,9,13,17H2,1-2H3;3-7,10-15,17,23H,8-9,16H2,1-2H3. The van der Waals surface area contributed by atoms with Gasteiger partial charge in [0, 0.05) is 11.1 Å². The van der Waals surface area contributed by atoms with Crippen LogP contribution in [-0.2, 0) is 23.9 Å². The Balaban J connectivity index is 0.000000181. The lowest BCUT2D eigenvalue weighted by Gasteiger charge is -2.27. The van der Waals surface area contributed by atoms with Gasteiger partial charge in [0.05, 0.1) is 0 Å². The number of rotatable bonds is 12. The third-order valence-electron chi connectivity index (χ3n) is 9.08. The highest BCUT2D eigenvalue weighted by Gasteiger charge is 2.19. The summed E-state index contributed by atoms with van der Waals surface area (Å²) in [5.41, 5.74) is 5.58. The topological polar surface area (TPSA) is 24.1 Å². The number of aryl methyl sites for hydroxylation is 2. The van der Waals surface area contributed by atoms with Crippen LogP contribution in [0.3, 0.4) is 0 Å². The van der Waals surface area contributed by atoms with Crippen LogP contribution in [0.4, 0.5) is 0 Å². The zero-order chi connectivity index (χ0) is 32.2. The van der Waals surface area contributed by atoms with E-state index in [-0.39, 0.29) is 11.1 Å². The lowest BCUT2D eigenvalue weighted by molar-refractivity contribution is 0.400. The molecular formula is C44H50N2. The maximum atomic E-state index is 3.69. The van der Waals surface area contributed by atoms with Crippen molar-refractivity contribution in [3.8, 4) is 0 Å². The van der Waals surface area contributed by atoms with Gasteiger partial charge in [-0.05, 0) is 110 Å². The minimum absolute atomic E-state index is 0.0139. The third-order valence-corrected chi connectivity index (χ3v) is 9.08.